The lowest BCUT2D eigenvalue weighted by Gasteiger charge is -2.18. The maximum Gasteiger partial charge on any atom is 0.123 e. The van der Waals surface area contributed by atoms with Gasteiger partial charge < -0.3 is 0 Å². The standard InChI is InChI=1S/C7H11N3O/c1-5(2)10-3-6-7(4-10)9-11-8-6/h5H,3-4H2,1-2H3. The van der Waals surface area contributed by atoms with Crippen molar-refractivity contribution in [3.05, 3.63) is 11.4 Å². The van der Waals surface area contributed by atoms with E-state index in [4.69, 9.17) is 0 Å². The minimum Gasteiger partial charge on any atom is -0.289 e. The fraction of sp³-hybridized carbons (Fsp3) is 0.714. The number of fused-ring (bicyclic) bond motifs is 1. The second kappa shape index (κ2) is 2.30. The van der Waals surface area contributed by atoms with Crippen LogP contribution in [0.4, 0.5) is 0 Å². The molecule has 0 bridgehead atoms. The number of aromatic nitrogens is 2. The minimum atomic E-state index is 0.561. The summed E-state index contributed by atoms with van der Waals surface area (Å²) < 4.78 is 4.59. The van der Waals surface area contributed by atoms with Crippen LogP contribution in [0.5, 0.6) is 0 Å². The van der Waals surface area contributed by atoms with Gasteiger partial charge in [-0.15, -0.1) is 0 Å². The molecule has 0 spiro atoms. The first-order valence-electron chi connectivity index (χ1n) is 3.81. The Hall–Kier alpha value is -0.900. The van der Waals surface area contributed by atoms with Crippen LogP contribution in [-0.2, 0) is 13.1 Å². The Balaban J connectivity index is 2.16. The van der Waals surface area contributed by atoms with Crippen molar-refractivity contribution < 1.29 is 4.63 Å². The molecule has 0 saturated carbocycles. The lowest BCUT2D eigenvalue weighted by Crippen LogP contribution is -2.24. The predicted octanol–water partition coefficient (Wildman–Crippen LogP) is 0.794. The van der Waals surface area contributed by atoms with Gasteiger partial charge in [-0.05, 0) is 13.8 Å². The molecule has 2 heterocycles. The monoisotopic (exact) mass is 153 g/mol. The van der Waals surface area contributed by atoms with Crippen LogP contribution in [0.25, 0.3) is 0 Å². The van der Waals surface area contributed by atoms with Crippen LogP contribution < -0.4 is 0 Å². The van der Waals surface area contributed by atoms with Crippen LogP contribution in [0.2, 0.25) is 0 Å². The highest BCUT2D eigenvalue weighted by Crippen LogP contribution is 2.20. The van der Waals surface area contributed by atoms with Gasteiger partial charge in [0.2, 0.25) is 0 Å². The van der Waals surface area contributed by atoms with Crippen LogP contribution in [0.15, 0.2) is 4.63 Å². The summed E-state index contributed by atoms with van der Waals surface area (Å²) in [6, 6.07) is 0.561. The zero-order valence-electron chi connectivity index (χ0n) is 6.74. The molecular formula is C7H11N3O. The van der Waals surface area contributed by atoms with E-state index in [1.54, 1.807) is 0 Å². The van der Waals surface area contributed by atoms with Gasteiger partial charge >= 0.3 is 0 Å². The third-order valence-corrected chi connectivity index (χ3v) is 2.07. The molecule has 1 aliphatic heterocycles. The summed E-state index contributed by atoms with van der Waals surface area (Å²) in [7, 11) is 0. The lowest BCUT2D eigenvalue weighted by atomic mass is 10.3. The fourth-order valence-corrected chi connectivity index (χ4v) is 1.27. The van der Waals surface area contributed by atoms with E-state index in [-0.39, 0.29) is 0 Å². The predicted molar refractivity (Wildman–Crippen MR) is 38.7 cm³/mol. The average Bonchev–Trinajstić information content (AvgIpc) is 2.40. The zero-order chi connectivity index (χ0) is 7.84. The van der Waals surface area contributed by atoms with Gasteiger partial charge in [0.05, 0.1) is 0 Å². The van der Waals surface area contributed by atoms with E-state index in [0.29, 0.717) is 6.04 Å². The molecule has 1 aromatic heterocycles. The Labute approximate surface area is 65.1 Å². The maximum absolute atomic E-state index is 4.59. The number of hydrogen-bond acceptors (Lipinski definition) is 4. The fourth-order valence-electron chi connectivity index (χ4n) is 1.27. The molecule has 2 rings (SSSR count). The van der Waals surface area contributed by atoms with Gasteiger partial charge in [-0.25, -0.2) is 4.63 Å². The molecule has 0 unspecified atom stereocenters. The van der Waals surface area contributed by atoms with E-state index in [2.05, 4.69) is 33.7 Å². The van der Waals surface area contributed by atoms with E-state index >= 15 is 0 Å². The molecule has 0 saturated heterocycles. The molecule has 60 valence electrons. The Bertz CT molecular complexity index is 235. The van der Waals surface area contributed by atoms with Crippen LogP contribution in [-0.4, -0.2) is 21.3 Å². The van der Waals surface area contributed by atoms with E-state index in [1.165, 1.54) is 0 Å². The van der Waals surface area contributed by atoms with Gasteiger partial charge in [-0.3, -0.25) is 4.90 Å². The Morgan fingerprint density at radius 3 is 2.27 bits per heavy atom. The van der Waals surface area contributed by atoms with E-state index in [0.717, 1.165) is 24.5 Å². The van der Waals surface area contributed by atoms with Crippen molar-refractivity contribution in [1.82, 2.24) is 15.2 Å². The van der Waals surface area contributed by atoms with E-state index < -0.39 is 0 Å². The summed E-state index contributed by atoms with van der Waals surface area (Å²) in [5, 5.41) is 7.60. The average molecular weight is 153 g/mol. The third kappa shape index (κ3) is 1.03. The van der Waals surface area contributed by atoms with Crippen LogP contribution >= 0.6 is 0 Å². The normalized spacial score (nSPS) is 17.7. The highest BCUT2D eigenvalue weighted by molar-refractivity contribution is 5.12. The molecule has 1 aliphatic rings. The first-order valence-corrected chi connectivity index (χ1v) is 3.81. The lowest BCUT2D eigenvalue weighted by molar-refractivity contribution is 0.200. The summed E-state index contributed by atoms with van der Waals surface area (Å²) in [5.74, 6) is 0. The maximum atomic E-state index is 4.59. The van der Waals surface area contributed by atoms with Crippen LogP contribution in [0.3, 0.4) is 0 Å². The molecule has 1 aromatic rings. The highest BCUT2D eigenvalue weighted by atomic mass is 16.6. The van der Waals surface area contributed by atoms with Gasteiger partial charge in [0.15, 0.2) is 0 Å². The first kappa shape index (κ1) is 6.79. The summed E-state index contributed by atoms with van der Waals surface area (Å²) in [6.07, 6.45) is 0. The number of hydrogen-bond donors (Lipinski definition) is 0. The molecular weight excluding hydrogens is 142 g/mol. The molecule has 0 radical (unpaired) electrons. The van der Waals surface area contributed by atoms with Crippen LogP contribution in [0, 0.1) is 0 Å². The topological polar surface area (TPSA) is 42.2 Å². The molecule has 0 atom stereocenters. The van der Waals surface area contributed by atoms with E-state index in [1.807, 2.05) is 0 Å². The molecule has 0 N–H and O–H groups in total. The SMILES string of the molecule is CC(C)N1Cc2nonc2C1. The minimum absolute atomic E-state index is 0.561. The van der Waals surface area contributed by atoms with Gasteiger partial charge in [0, 0.05) is 19.1 Å². The summed E-state index contributed by atoms with van der Waals surface area (Å²) in [5.41, 5.74) is 2.00. The van der Waals surface area contributed by atoms with Gasteiger partial charge in [0.25, 0.3) is 0 Å². The molecule has 4 nitrogen and oxygen atoms in total. The second-order valence-corrected chi connectivity index (χ2v) is 3.16. The van der Waals surface area contributed by atoms with Crippen molar-refractivity contribution >= 4 is 0 Å². The molecule has 11 heavy (non-hydrogen) atoms. The summed E-state index contributed by atoms with van der Waals surface area (Å²) in [6.45, 7) is 6.11. The molecule has 0 amide bonds. The van der Waals surface area contributed by atoms with Gasteiger partial charge in [0.1, 0.15) is 11.4 Å². The van der Waals surface area contributed by atoms with Gasteiger partial charge in [-0.2, -0.15) is 0 Å². The summed E-state index contributed by atoms with van der Waals surface area (Å²) >= 11 is 0. The largest absolute Gasteiger partial charge is 0.289 e. The molecule has 4 heteroatoms. The molecule has 0 aromatic carbocycles. The van der Waals surface area contributed by atoms with Crippen molar-refractivity contribution in [2.24, 2.45) is 0 Å². The third-order valence-electron chi connectivity index (χ3n) is 2.07. The Morgan fingerprint density at radius 1 is 1.27 bits per heavy atom. The molecule has 0 aliphatic carbocycles. The van der Waals surface area contributed by atoms with Crippen molar-refractivity contribution in [3.8, 4) is 0 Å². The number of nitrogens with zero attached hydrogens (tertiary/aromatic N) is 3. The highest BCUT2D eigenvalue weighted by Gasteiger charge is 2.25. The second-order valence-electron chi connectivity index (χ2n) is 3.16. The van der Waals surface area contributed by atoms with Crippen LogP contribution in [0.1, 0.15) is 25.2 Å². The van der Waals surface area contributed by atoms with Gasteiger partial charge in [-0.1, -0.05) is 10.3 Å². The molecule has 0 fully saturated rings. The zero-order valence-corrected chi connectivity index (χ0v) is 6.74. The van der Waals surface area contributed by atoms with Crippen molar-refractivity contribution in [2.75, 3.05) is 0 Å². The number of rotatable bonds is 1. The van der Waals surface area contributed by atoms with Crippen molar-refractivity contribution in [2.45, 2.75) is 33.0 Å². The van der Waals surface area contributed by atoms with Crippen molar-refractivity contribution in [1.29, 1.82) is 0 Å². The Kier molecular flexibility index (Phi) is 1.42. The Morgan fingerprint density at radius 2 is 1.82 bits per heavy atom. The van der Waals surface area contributed by atoms with E-state index in [9.17, 15) is 0 Å². The smallest absolute Gasteiger partial charge is 0.123 e. The quantitative estimate of drug-likeness (QED) is 0.598. The summed E-state index contributed by atoms with van der Waals surface area (Å²) in [4.78, 5) is 2.31. The first-order chi connectivity index (χ1) is 5.27. The van der Waals surface area contributed by atoms with Crippen molar-refractivity contribution in [3.63, 3.8) is 0 Å².